The summed E-state index contributed by atoms with van der Waals surface area (Å²) in [6.45, 7) is 4.71. The predicted octanol–water partition coefficient (Wildman–Crippen LogP) is 1.95. The summed E-state index contributed by atoms with van der Waals surface area (Å²) in [6, 6.07) is -1.58. The largest absolute Gasteiger partial charge is 0.480 e. The quantitative estimate of drug-likeness (QED) is 0.785. The minimum atomic E-state index is -4.69. The summed E-state index contributed by atoms with van der Waals surface area (Å²) in [6.07, 6.45) is -5.44. The predicted molar refractivity (Wildman–Crippen MR) is 68.1 cm³/mol. The van der Waals surface area contributed by atoms with Crippen molar-refractivity contribution in [2.75, 3.05) is 0 Å². The zero-order valence-electron chi connectivity index (χ0n) is 12.1. The third-order valence-corrected chi connectivity index (χ3v) is 2.41. The highest BCUT2D eigenvalue weighted by atomic mass is 19.4. The van der Waals surface area contributed by atoms with Gasteiger partial charge in [0.25, 0.3) is 0 Å². The van der Waals surface area contributed by atoms with E-state index in [0.29, 0.717) is 0 Å². The standard InChI is InChI=1S/C12H16F3N3O4/c1-11(2,3)22-10(21)17-7(9(19)20)4-6-5-16-18-8(6)12(13,14)15/h5,7H,4H2,1-3H3,(H,16,18)(H,17,21)(H,19,20)/t7-/m0/s1. The Morgan fingerprint density at radius 3 is 2.45 bits per heavy atom. The van der Waals surface area contributed by atoms with Crippen LogP contribution in [0.5, 0.6) is 0 Å². The summed E-state index contributed by atoms with van der Waals surface area (Å²) in [7, 11) is 0. The van der Waals surface area contributed by atoms with Crippen LogP contribution in [0.1, 0.15) is 32.0 Å². The smallest absolute Gasteiger partial charge is 0.433 e. The van der Waals surface area contributed by atoms with Gasteiger partial charge in [0.2, 0.25) is 0 Å². The molecule has 22 heavy (non-hydrogen) atoms. The van der Waals surface area contributed by atoms with Crippen molar-refractivity contribution < 1.29 is 32.6 Å². The van der Waals surface area contributed by atoms with Crippen molar-refractivity contribution in [1.29, 1.82) is 0 Å². The molecule has 1 aromatic heterocycles. The molecule has 1 aromatic rings. The van der Waals surface area contributed by atoms with Gasteiger partial charge in [0, 0.05) is 12.0 Å². The minimum absolute atomic E-state index is 0.365. The van der Waals surface area contributed by atoms with E-state index in [9.17, 15) is 22.8 Å². The summed E-state index contributed by atoms with van der Waals surface area (Å²) in [5, 5.41) is 16.1. The number of hydrogen-bond acceptors (Lipinski definition) is 4. The van der Waals surface area contributed by atoms with E-state index in [0.717, 1.165) is 6.20 Å². The molecule has 0 aromatic carbocycles. The van der Waals surface area contributed by atoms with E-state index in [-0.39, 0.29) is 5.56 Å². The number of hydrogen-bond donors (Lipinski definition) is 3. The molecular weight excluding hydrogens is 307 g/mol. The summed E-state index contributed by atoms with van der Waals surface area (Å²) in [4.78, 5) is 22.6. The highest BCUT2D eigenvalue weighted by molar-refractivity contribution is 5.80. The Balaban J connectivity index is 2.84. The van der Waals surface area contributed by atoms with Crippen molar-refractivity contribution in [3.8, 4) is 0 Å². The van der Waals surface area contributed by atoms with Crippen LogP contribution in [0.4, 0.5) is 18.0 Å². The number of H-pyrrole nitrogens is 1. The molecule has 1 amide bonds. The van der Waals surface area contributed by atoms with Crippen LogP contribution in [0.2, 0.25) is 0 Å². The molecule has 0 spiro atoms. The number of carboxylic acid groups (broad SMARTS) is 1. The number of amides is 1. The van der Waals surface area contributed by atoms with Crippen molar-refractivity contribution in [2.45, 2.75) is 45.0 Å². The van der Waals surface area contributed by atoms with E-state index in [1.165, 1.54) is 0 Å². The molecule has 124 valence electrons. The number of carbonyl (C=O) groups is 2. The van der Waals surface area contributed by atoms with Crippen molar-refractivity contribution in [3.05, 3.63) is 17.5 Å². The Kier molecular flexibility index (Phi) is 5.05. The number of alkyl carbamates (subject to hydrolysis) is 1. The lowest BCUT2D eigenvalue weighted by Gasteiger charge is -2.22. The molecule has 1 atom stereocenters. The normalized spacial score (nSPS) is 13.5. The van der Waals surface area contributed by atoms with Crippen LogP contribution < -0.4 is 5.32 Å². The van der Waals surface area contributed by atoms with Crippen molar-refractivity contribution >= 4 is 12.1 Å². The summed E-state index contributed by atoms with van der Waals surface area (Å²) in [5.74, 6) is -1.49. The van der Waals surface area contributed by atoms with Gasteiger partial charge >= 0.3 is 18.2 Å². The lowest BCUT2D eigenvalue weighted by molar-refractivity contribution is -0.143. The third-order valence-electron chi connectivity index (χ3n) is 2.41. The van der Waals surface area contributed by atoms with Crippen molar-refractivity contribution in [3.63, 3.8) is 0 Å². The van der Waals surface area contributed by atoms with E-state index in [4.69, 9.17) is 9.84 Å². The summed E-state index contributed by atoms with van der Waals surface area (Å²) >= 11 is 0. The zero-order chi connectivity index (χ0) is 17.1. The molecule has 3 N–H and O–H groups in total. The van der Waals surface area contributed by atoms with Gasteiger partial charge < -0.3 is 15.2 Å². The number of halogens is 3. The maximum atomic E-state index is 12.7. The zero-order valence-corrected chi connectivity index (χ0v) is 12.1. The lowest BCUT2D eigenvalue weighted by atomic mass is 10.1. The van der Waals surface area contributed by atoms with Crippen LogP contribution >= 0.6 is 0 Å². The molecule has 0 saturated heterocycles. The van der Waals surface area contributed by atoms with Crippen LogP contribution in [0.15, 0.2) is 6.20 Å². The number of carboxylic acids is 1. The average molecular weight is 323 g/mol. The van der Waals surface area contributed by atoms with Crippen LogP contribution in [0.3, 0.4) is 0 Å². The molecule has 0 bridgehead atoms. The molecular formula is C12H16F3N3O4. The Labute approximate surface area is 123 Å². The SMILES string of the molecule is CC(C)(C)OC(=O)N[C@@H](Cc1cn[nH]c1C(F)(F)F)C(=O)O. The van der Waals surface area contributed by atoms with Crippen molar-refractivity contribution in [2.24, 2.45) is 0 Å². The molecule has 0 radical (unpaired) electrons. The van der Waals surface area contributed by atoms with E-state index in [2.05, 4.69) is 5.10 Å². The minimum Gasteiger partial charge on any atom is -0.480 e. The number of carbonyl (C=O) groups excluding carboxylic acids is 1. The molecule has 0 unspecified atom stereocenters. The summed E-state index contributed by atoms with van der Waals surface area (Å²) < 4.78 is 42.9. The van der Waals surface area contributed by atoms with Gasteiger partial charge in [-0.1, -0.05) is 0 Å². The fraction of sp³-hybridized carbons (Fsp3) is 0.583. The van der Waals surface area contributed by atoms with E-state index < -0.39 is 42.0 Å². The van der Waals surface area contributed by atoms with Gasteiger partial charge in [-0.25, -0.2) is 9.59 Å². The molecule has 0 saturated carbocycles. The maximum absolute atomic E-state index is 12.7. The first kappa shape index (κ1) is 17.8. The Morgan fingerprint density at radius 1 is 1.41 bits per heavy atom. The van der Waals surface area contributed by atoms with E-state index in [1.54, 1.807) is 25.9 Å². The molecule has 1 heterocycles. The molecule has 0 aliphatic heterocycles. The first-order valence-electron chi connectivity index (χ1n) is 6.22. The number of aromatic amines is 1. The first-order valence-corrected chi connectivity index (χ1v) is 6.22. The number of nitrogens with zero attached hydrogens (tertiary/aromatic N) is 1. The van der Waals surface area contributed by atoms with Crippen LogP contribution in [0, 0.1) is 0 Å². The van der Waals surface area contributed by atoms with Gasteiger partial charge in [0.05, 0.1) is 6.20 Å². The van der Waals surface area contributed by atoms with Crippen LogP contribution in [-0.4, -0.2) is 39.0 Å². The number of rotatable bonds is 4. The van der Waals surface area contributed by atoms with E-state index in [1.807, 2.05) is 5.32 Å². The first-order chi connectivity index (χ1) is 9.90. The van der Waals surface area contributed by atoms with Crippen LogP contribution in [0.25, 0.3) is 0 Å². The molecule has 10 heteroatoms. The Hall–Kier alpha value is -2.26. The third kappa shape index (κ3) is 5.26. The second kappa shape index (κ2) is 6.24. The summed E-state index contributed by atoms with van der Waals surface area (Å²) in [5.41, 5.74) is -2.37. The topological polar surface area (TPSA) is 104 Å². The highest BCUT2D eigenvalue weighted by Gasteiger charge is 2.37. The lowest BCUT2D eigenvalue weighted by Crippen LogP contribution is -2.44. The number of aromatic nitrogens is 2. The number of nitrogens with one attached hydrogen (secondary N) is 2. The monoisotopic (exact) mass is 323 g/mol. The number of alkyl halides is 3. The van der Waals surface area contributed by atoms with Gasteiger partial charge in [-0.3, -0.25) is 5.10 Å². The maximum Gasteiger partial charge on any atom is 0.433 e. The average Bonchev–Trinajstić information content (AvgIpc) is 2.73. The van der Waals surface area contributed by atoms with Crippen molar-refractivity contribution in [1.82, 2.24) is 15.5 Å². The van der Waals surface area contributed by atoms with Gasteiger partial charge in [-0.15, -0.1) is 0 Å². The second-order valence-corrected chi connectivity index (χ2v) is 5.51. The molecule has 0 fully saturated rings. The molecule has 0 aliphatic rings. The van der Waals surface area contributed by atoms with E-state index >= 15 is 0 Å². The van der Waals surface area contributed by atoms with Gasteiger partial charge in [-0.05, 0) is 20.8 Å². The number of ether oxygens (including phenoxy) is 1. The molecule has 1 rings (SSSR count). The van der Waals surface area contributed by atoms with Gasteiger partial charge in [0.15, 0.2) is 0 Å². The van der Waals surface area contributed by atoms with Gasteiger partial charge in [-0.2, -0.15) is 18.3 Å². The van der Waals surface area contributed by atoms with Gasteiger partial charge in [0.1, 0.15) is 17.3 Å². The second-order valence-electron chi connectivity index (χ2n) is 5.51. The molecule has 0 aliphatic carbocycles. The Bertz CT molecular complexity index is 549. The Morgan fingerprint density at radius 2 is 2.00 bits per heavy atom. The fourth-order valence-corrected chi connectivity index (χ4v) is 1.58. The van der Waals surface area contributed by atoms with Crippen LogP contribution in [-0.2, 0) is 22.1 Å². The number of aliphatic carboxylic acids is 1. The molecule has 7 nitrogen and oxygen atoms in total. The highest BCUT2D eigenvalue weighted by Crippen LogP contribution is 2.30. The fourth-order valence-electron chi connectivity index (χ4n) is 1.58.